The number of ether oxygens (including phenoxy) is 2. The average molecular weight is 211 g/mol. The molecule has 0 aliphatic carbocycles. The third kappa shape index (κ3) is 9.83. The summed E-state index contributed by atoms with van der Waals surface area (Å²) in [5.41, 5.74) is 0. The molecule has 0 rings (SSSR count). The fourth-order valence-corrected chi connectivity index (χ4v) is 0.903. The molecule has 1 unspecified atom stereocenters. The summed E-state index contributed by atoms with van der Waals surface area (Å²) in [7, 11) is 0. The van der Waals surface area contributed by atoms with Crippen LogP contribution in [0, 0.1) is 0 Å². The Morgan fingerprint density at radius 1 is 1.21 bits per heavy atom. The molecule has 0 amide bonds. The van der Waals surface area contributed by atoms with E-state index in [2.05, 4.69) is 5.32 Å². The van der Waals surface area contributed by atoms with Gasteiger partial charge in [0, 0.05) is 19.2 Å². The fraction of sp³-hybridized carbons (Fsp3) is 1.00. The fourth-order valence-electron chi connectivity index (χ4n) is 0.903. The lowest BCUT2D eigenvalue weighted by Gasteiger charge is -2.13. The van der Waals surface area contributed by atoms with Crippen LogP contribution >= 0.6 is 0 Å². The molecule has 0 bridgehead atoms. The summed E-state index contributed by atoms with van der Waals surface area (Å²) < 4.78 is 33.1. The predicted octanol–water partition coefficient (Wildman–Crippen LogP) is 1.28. The van der Waals surface area contributed by atoms with Gasteiger partial charge in [0.15, 0.2) is 0 Å². The summed E-state index contributed by atoms with van der Waals surface area (Å²) in [4.78, 5) is 0. The molecule has 0 saturated carbocycles. The first-order chi connectivity index (χ1) is 6.66. The standard InChI is InChI=1S/C9H19F2NO2/c1-3-13-6-8(2)12-4-5-14-7-9(10)11/h8-9,12H,3-7H2,1-2H3. The Morgan fingerprint density at radius 3 is 2.50 bits per heavy atom. The topological polar surface area (TPSA) is 30.5 Å². The smallest absolute Gasteiger partial charge is 0.261 e. The Balaban J connectivity index is 3.10. The van der Waals surface area contributed by atoms with Gasteiger partial charge in [-0.1, -0.05) is 0 Å². The zero-order valence-electron chi connectivity index (χ0n) is 8.76. The van der Waals surface area contributed by atoms with Gasteiger partial charge in [-0.15, -0.1) is 0 Å². The minimum absolute atomic E-state index is 0.227. The number of halogens is 2. The van der Waals surface area contributed by atoms with Crippen LogP contribution in [0.25, 0.3) is 0 Å². The van der Waals surface area contributed by atoms with Crippen LogP contribution in [0.2, 0.25) is 0 Å². The molecule has 0 aliphatic rings. The highest BCUT2D eigenvalue weighted by Crippen LogP contribution is 1.91. The highest BCUT2D eigenvalue weighted by atomic mass is 19.3. The monoisotopic (exact) mass is 211 g/mol. The van der Waals surface area contributed by atoms with Gasteiger partial charge in [0.1, 0.15) is 6.61 Å². The number of nitrogens with one attached hydrogen (secondary N) is 1. The average Bonchev–Trinajstić information content (AvgIpc) is 2.13. The van der Waals surface area contributed by atoms with Crippen molar-refractivity contribution in [2.75, 3.05) is 33.0 Å². The Morgan fingerprint density at radius 2 is 1.93 bits per heavy atom. The maximum absolute atomic E-state index is 11.6. The van der Waals surface area contributed by atoms with Crippen molar-refractivity contribution in [1.82, 2.24) is 5.32 Å². The van der Waals surface area contributed by atoms with E-state index in [0.717, 1.165) is 0 Å². The van der Waals surface area contributed by atoms with Crippen molar-refractivity contribution in [3.8, 4) is 0 Å². The molecule has 1 N–H and O–H groups in total. The van der Waals surface area contributed by atoms with E-state index >= 15 is 0 Å². The van der Waals surface area contributed by atoms with Gasteiger partial charge in [-0.05, 0) is 13.8 Å². The molecular weight excluding hydrogens is 192 g/mol. The Hall–Kier alpha value is -0.260. The van der Waals surface area contributed by atoms with Crippen LogP contribution in [-0.4, -0.2) is 45.4 Å². The van der Waals surface area contributed by atoms with Crippen molar-refractivity contribution >= 4 is 0 Å². The Labute approximate surface area is 83.8 Å². The summed E-state index contributed by atoms with van der Waals surface area (Å²) in [6.45, 7) is 5.61. The molecule has 0 spiro atoms. The first-order valence-corrected chi connectivity index (χ1v) is 4.83. The molecule has 86 valence electrons. The van der Waals surface area contributed by atoms with Gasteiger partial charge in [-0.25, -0.2) is 8.78 Å². The van der Waals surface area contributed by atoms with Gasteiger partial charge in [-0.3, -0.25) is 0 Å². The minimum Gasteiger partial charge on any atom is -0.380 e. The van der Waals surface area contributed by atoms with E-state index in [9.17, 15) is 8.78 Å². The quantitative estimate of drug-likeness (QED) is 0.583. The lowest BCUT2D eigenvalue weighted by Crippen LogP contribution is -2.33. The summed E-state index contributed by atoms with van der Waals surface area (Å²) in [5.74, 6) is 0. The van der Waals surface area contributed by atoms with E-state index < -0.39 is 13.0 Å². The Bertz CT molecular complexity index is 125. The van der Waals surface area contributed by atoms with E-state index in [1.165, 1.54) is 0 Å². The van der Waals surface area contributed by atoms with Crippen molar-refractivity contribution < 1.29 is 18.3 Å². The van der Waals surface area contributed by atoms with Gasteiger partial charge in [0.25, 0.3) is 6.43 Å². The van der Waals surface area contributed by atoms with Gasteiger partial charge in [0.2, 0.25) is 0 Å². The Kier molecular flexibility index (Phi) is 9.13. The first kappa shape index (κ1) is 13.7. The van der Waals surface area contributed by atoms with Crippen LogP contribution in [0.1, 0.15) is 13.8 Å². The van der Waals surface area contributed by atoms with Gasteiger partial charge in [-0.2, -0.15) is 0 Å². The largest absolute Gasteiger partial charge is 0.380 e. The van der Waals surface area contributed by atoms with Crippen molar-refractivity contribution in [3.63, 3.8) is 0 Å². The van der Waals surface area contributed by atoms with E-state index in [1.54, 1.807) is 0 Å². The van der Waals surface area contributed by atoms with E-state index in [1.807, 2.05) is 13.8 Å². The normalized spacial score (nSPS) is 13.5. The second kappa shape index (κ2) is 9.30. The zero-order chi connectivity index (χ0) is 10.8. The number of alkyl halides is 2. The number of rotatable bonds is 9. The predicted molar refractivity (Wildman–Crippen MR) is 50.8 cm³/mol. The number of hydrogen-bond acceptors (Lipinski definition) is 3. The van der Waals surface area contributed by atoms with Crippen LogP contribution < -0.4 is 5.32 Å². The second-order valence-electron chi connectivity index (χ2n) is 2.98. The van der Waals surface area contributed by atoms with Crippen molar-refractivity contribution in [2.45, 2.75) is 26.3 Å². The molecule has 0 aliphatic heterocycles. The van der Waals surface area contributed by atoms with Gasteiger partial charge >= 0.3 is 0 Å². The highest BCUT2D eigenvalue weighted by Gasteiger charge is 2.02. The molecule has 14 heavy (non-hydrogen) atoms. The molecule has 0 fully saturated rings. The van der Waals surface area contributed by atoms with Crippen LogP contribution in [-0.2, 0) is 9.47 Å². The van der Waals surface area contributed by atoms with E-state index in [0.29, 0.717) is 26.4 Å². The maximum atomic E-state index is 11.6. The summed E-state index contributed by atoms with van der Waals surface area (Å²) in [6.07, 6.45) is -2.38. The summed E-state index contributed by atoms with van der Waals surface area (Å²) in [5, 5.41) is 3.10. The third-order valence-electron chi connectivity index (χ3n) is 1.56. The molecule has 0 aromatic rings. The van der Waals surface area contributed by atoms with Crippen molar-refractivity contribution in [2.24, 2.45) is 0 Å². The molecule has 0 aromatic heterocycles. The van der Waals surface area contributed by atoms with Crippen LogP contribution in [0.4, 0.5) is 8.78 Å². The molecule has 0 radical (unpaired) electrons. The molecule has 3 nitrogen and oxygen atoms in total. The van der Waals surface area contributed by atoms with Crippen LogP contribution in [0.5, 0.6) is 0 Å². The zero-order valence-corrected chi connectivity index (χ0v) is 8.76. The van der Waals surface area contributed by atoms with Crippen molar-refractivity contribution in [1.29, 1.82) is 0 Å². The molecule has 0 aromatic carbocycles. The van der Waals surface area contributed by atoms with Crippen LogP contribution in [0.15, 0.2) is 0 Å². The minimum atomic E-state index is -2.38. The van der Waals surface area contributed by atoms with Gasteiger partial charge < -0.3 is 14.8 Å². The maximum Gasteiger partial charge on any atom is 0.261 e. The highest BCUT2D eigenvalue weighted by molar-refractivity contribution is 4.58. The molecular formula is C9H19F2NO2. The SMILES string of the molecule is CCOCC(C)NCCOCC(F)F. The molecule has 1 atom stereocenters. The molecule has 0 saturated heterocycles. The number of hydrogen-bond donors (Lipinski definition) is 1. The van der Waals surface area contributed by atoms with E-state index in [4.69, 9.17) is 9.47 Å². The lowest BCUT2D eigenvalue weighted by atomic mass is 10.3. The van der Waals surface area contributed by atoms with E-state index in [-0.39, 0.29) is 6.04 Å². The second-order valence-corrected chi connectivity index (χ2v) is 2.98. The van der Waals surface area contributed by atoms with Gasteiger partial charge in [0.05, 0.1) is 13.2 Å². The van der Waals surface area contributed by atoms with Crippen molar-refractivity contribution in [3.05, 3.63) is 0 Å². The third-order valence-corrected chi connectivity index (χ3v) is 1.56. The van der Waals surface area contributed by atoms with Crippen LogP contribution in [0.3, 0.4) is 0 Å². The summed E-state index contributed by atoms with van der Waals surface area (Å²) >= 11 is 0. The first-order valence-electron chi connectivity index (χ1n) is 4.83. The molecule has 0 heterocycles. The molecule has 5 heteroatoms. The lowest BCUT2D eigenvalue weighted by molar-refractivity contribution is 0.0174. The summed E-state index contributed by atoms with van der Waals surface area (Å²) in [6, 6.07) is 0.227.